The zero-order valence-corrected chi connectivity index (χ0v) is 9.69. The molecule has 0 aromatic heterocycles. The Morgan fingerprint density at radius 1 is 1.08 bits per heavy atom. The van der Waals surface area contributed by atoms with E-state index in [-0.39, 0.29) is 5.54 Å². The summed E-state index contributed by atoms with van der Waals surface area (Å²) in [7, 11) is 0. The quantitative estimate of drug-likeness (QED) is 0.692. The lowest BCUT2D eigenvalue weighted by atomic mass is 9.84. The highest BCUT2D eigenvalue weighted by Gasteiger charge is 2.23. The molecule has 1 nitrogen and oxygen atoms in total. The lowest BCUT2D eigenvalue weighted by Crippen LogP contribution is -2.46. The molecule has 0 heterocycles. The number of hydrogen-bond donors (Lipinski definition) is 1. The Morgan fingerprint density at radius 3 is 2.08 bits per heavy atom. The molecular weight excluding hydrogens is 158 g/mol. The van der Waals surface area contributed by atoms with Crippen LogP contribution in [-0.2, 0) is 0 Å². The maximum Gasteiger partial charge on any atom is 0.00990 e. The lowest BCUT2D eigenvalue weighted by molar-refractivity contribution is 0.241. The van der Waals surface area contributed by atoms with Crippen LogP contribution in [-0.4, -0.2) is 11.6 Å². The minimum absolute atomic E-state index is 0.275. The third-order valence-electron chi connectivity index (χ3n) is 3.02. The average Bonchev–Trinajstić information content (AvgIpc) is 2.03. The van der Waals surface area contributed by atoms with E-state index in [1.807, 2.05) is 0 Å². The van der Waals surface area contributed by atoms with Crippen LogP contribution in [0.2, 0.25) is 0 Å². The van der Waals surface area contributed by atoms with Gasteiger partial charge in [-0.25, -0.2) is 0 Å². The van der Waals surface area contributed by atoms with Gasteiger partial charge in [0.25, 0.3) is 0 Å². The molecule has 0 aliphatic heterocycles. The number of hydrogen-bond acceptors (Lipinski definition) is 1. The highest BCUT2D eigenvalue weighted by Crippen LogP contribution is 2.27. The normalized spacial score (nSPS) is 23.1. The Balaban J connectivity index is 2.33. The van der Waals surface area contributed by atoms with Crippen LogP contribution in [0.5, 0.6) is 0 Å². The molecule has 1 N–H and O–H groups in total. The molecule has 0 saturated heterocycles. The van der Waals surface area contributed by atoms with E-state index in [1.54, 1.807) is 0 Å². The number of rotatable bonds is 2. The molecule has 0 amide bonds. The summed E-state index contributed by atoms with van der Waals surface area (Å²) in [6.45, 7) is 9.12. The molecule has 1 fully saturated rings. The molecule has 1 heteroatoms. The second-order valence-corrected chi connectivity index (χ2v) is 5.58. The van der Waals surface area contributed by atoms with Gasteiger partial charge in [0.05, 0.1) is 0 Å². The first-order chi connectivity index (χ1) is 5.99. The second-order valence-electron chi connectivity index (χ2n) is 5.58. The van der Waals surface area contributed by atoms with E-state index < -0.39 is 0 Å². The van der Waals surface area contributed by atoms with Gasteiger partial charge >= 0.3 is 0 Å². The summed E-state index contributed by atoms with van der Waals surface area (Å²) in [5, 5.41) is 3.69. The summed E-state index contributed by atoms with van der Waals surface area (Å²) in [6.07, 6.45) is 7.22. The maximum atomic E-state index is 3.69. The molecule has 1 rings (SSSR count). The van der Waals surface area contributed by atoms with Gasteiger partial charge < -0.3 is 5.32 Å². The zero-order chi connectivity index (χ0) is 9.90. The summed E-state index contributed by atoms with van der Waals surface area (Å²) in [4.78, 5) is 0. The van der Waals surface area contributed by atoms with Crippen LogP contribution in [0, 0.1) is 5.92 Å². The highest BCUT2D eigenvalue weighted by molar-refractivity contribution is 4.81. The summed E-state index contributed by atoms with van der Waals surface area (Å²) < 4.78 is 0. The Kier molecular flexibility index (Phi) is 3.78. The summed E-state index contributed by atoms with van der Waals surface area (Å²) in [5.74, 6) is 0.924. The van der Waals surface area contributed by atoms with Gasteiger partial charge in [-0.2, -0.15) is 0 Å². The molecule has 0 aromatic rings. The Bertz CT molecular complexity index is 140. The minimum Gasteiger partial charge on any atom is -0.309 e. The maximum absolute atomic E-state index is 3.69. The van der Waals surface area contributed by atoms with Gasteiger partial charge in [0, 0.05) is 11.6 Å². The van der Waals surface area contributed by atoms with Gasteiger partial charge in [0.15, 0.2) is 0 Å². The van der Waals surface area contributed by atoms with E-state index in [9.17, 15) is 0 Å². The first-order valence-electron chi connectivity index (χ1n) is 5.77. The third-order valence-corrected chi connectivity index (χ3v) is 3.02. The largest absolute Gasteiger partial charge is 0.309 e. The topological polar surface area (TPSA) is 12.0 Å². The van der Waals surface area contributed by atoms with Crippen molar-refractivity contribution in [3.05, 3.63) is 0 Å². The van der Waals surface area contributed by atoms with Crippen molar-refractivity contribution >= 4 is 0 Å². The van der Waals surface area contributed by atoms with Crippen LogP contribution in [0.4, 0.5) is 0 Å². The first kappa shape index (κ1) is 11.0. The standard InChI is InChI=1S/C12H25N/c1-10(13-12(2,3)4)11-8-6-5-7-9-11/h10-11,13H,5-9H2,1-4H3/t10-/m0/s1. The van der Waals surface area contributed by atoms with E-state index in [1.165, 1.54) is 32.1 Å². The summed E-state index contributed by atoms with van der Waals surface area (Å²) >= 11 is 0. The monoisotopic (exact) mass is 183 g/mol. The lowest BCUT2D eigenvalue weighted by Gasteiger charge is -2.33. The van der Waals surface area contributed by atoms with Crippen LogP contribution in [0.3, 0.4) is 0 Å². The Labute approximate surface area is 83.3 Å². The SMILES string of the molecule is C[C@H](NC(C)(C)C)C1CCCCC1. The summed E-state index contributed by atoms with van der Waals surface area (Å²) in [6, 6.07) is 0.695. The predicted molar refractivity (Wildman–Crippen MR) is 58.9 cm³/mol. The van der Waals surface area contributed by atoms with Gasteiger partial charge in [0.2, 0.25) is 0 Å². The zero-order valence-electron chi connectivity index (χ0n) is 9.69. The fourth-order valence-electron chi connectivity index (χ4n) is 2.44. The van der Waals surface area contributed by atoms with Crippen molar-refractivity contribution in [3.63, 3.8) is 0 Å². The van der Waals surface area contributed by atoms with Crippen molar-refractivity contribution in [2.75, 3.05) is 0 Å². The molecule has 0 unspecified atom stereocenters. The van der Waals surface area contributed by atoms with Gasteiger partial charge in [-0.05, 0) is 46.5 Å². The second kappa shape index (κ2) is 4.45. The van der Waals surface area contributed by atoms with E-state index in [4.69, 9.17) is 0 Å². The van der Waals surface area contributed by atoms with Crippen LogP contribution in [0.25, 0.3) is 0 Å². The fraction of sp³-hybridized carbons (Fsp3) is 1.00. The van der Waals surface area contributed by atoms with Crippen LogP contribution < -0.4 is 5.32 Å². The average molecular weight is 183 g/mol. The van der Waals surface area contributed by atoms with Crippen molar-refractivity contribution in [1.82, 2.24) is 5.32 Å². The smallest absolute Gasteiger partial charge is 0.00990 e. The minimum atomic E-state index is 0.275. The summed E-state index contributed by atoms with van der Waals surface area (Å²) in [5.41, 5.74) is 0.275. The van der Waals surface area contributed by atoms with Gasteiger partial charge in [0.1, 0.15) is 0 Å². The predicted octanol–water partition coefficient (Wildman–Crippen LogP) is 3.34. The Morgan fingerprint density at radius 2 is 1.62 bits per heavy atom. The number of nitrogens with one attached hydrogen (secondary N) is 1. The van der Waals surface area contributed by atoms with Crippen molar-refractivity contribution in [2.24, 2.45) is 5.92 Å². The molecular formula is C12H25N. The molecule has 0 bridgehead atoms. The highest BCUT2D eigenvalue weighted by atomic mass is 15.0. The molecule has 0 aromatic carbocycles. The molecule has 13 heavy (non-hydrogen) atoms. The van der Waals surface area contributed by atoms with E-state index in [2.05, 4.69) is 33.0 Å². The van der Waals surface area contributed by atoms with Gasteiger partial charge in [-0.15, -0.1) is 0 Å². The third kappa shape index (κ3) is 4.12. The molecule has 78 valence electrons. The van der Waals surface area contributed by atoms with E-state index >= 15 is 0 Å². The van der Waals surface area contributed by atoms with Crippen molar-refractivity contribution in [3.8, 4) is 0 Å². The fourth-order valence-corrected chi connectivity index (χ4v) is 2.44. The molecule has 0 radical (unpaired) electrons. The molecule has 0 spiro atoms. The van der Waals surface area contributed by atoms with Crippen LogP contribution >= 0.6 is 0 Å². The molecule has 1 saturated carbocycles. The Hall–Kier alpha value is -0.0400. The molecule has 1 aliphatic rings. The van der Waals surface area contributed by atoms with Crippen molar-refractivity contribution in [2.45, 2.75) is 71.4 Å². The molecule has 1 atom stereocenters. The van der Waals surface area contributed by atoms with Crippen molar-refractivity contribution in [1.29, 1.82) is 0 Å². The van der Waals surface area contributed by atoms with Crippen molar-refractivity contribution < 1.29 is 0 Å². The first-order valence-corrected chi connectivity index (χ1v) is 5.77. The molecule has 1 aliphatic carbocycles. The van der Waals surface area contributed by atoms with Gasteiger partial charge in [-0.3, -0.25) is 0 Å². The van der Waals surface area contributed by atoms with E-state index in [0.717, 1.165) is 5.92 Å². The van der Waals surface area contributed by atoms with E-state index in [0.29, 0.717) is 6.04 Å². The van der Waals surface area contributed by atoms with Crippen LogP contribution in [0.15, 0.2) is 0 Å². The van der Waals surface area contributed by atoms with Crippen LogP contribution in [0.1, 0.15) is 59.8 Å². The van der Waals surface area contributed by atoms with Gasteiger partial charge in [-0.1, -0.05) is 19.3 Å².